The Balaban J connectivity index is 2.87. The summed E-state index contributed by atoms with van der Waals surface area (Å²) in [6.07, 6.45) is 2.23. The van der Waals surface area contributed by atoms with Crippen molar-refractivity contribution < 1.29 is 0 Å². The van der Waals surface area contributed by atoms with Crippen LogP contribution in [0.15, 0.2) is 4.79 Å². The van der Waals surface area contributed by atoms with E-state index in [1.807, 2.05) is 14.1 Å². The second-order valence-corrected chi connectivity index (χ2v) is 8.58. The third kappa shape index (κ3) is 4.29. The largest absolute Gasteiger partial charge is 0.370 e. The third-order valence-electron chi connectivity index (χ3n) is 4.00. The molecule has 0 aliphatic rings. The Labute approximate surface area is 134 Å². The summed E-state index contributed by atoms with van der Waals surface area (Å²) in [7, 11) is 4.01. The molecule has 0 aliphatic carbocycles. The lowest BCUT2D eigenvalue weighted by molar-refractivity contribution is 0.367. The van der Waals surface area contributed by atoms with Gasteiger partial charge in [0.15, 0.2) is 0 Å². The van der Waals surface area contributed by atoms with Gasteiger partial charge >= 0.3 is 0 Å². The van der Waals surface area contributed by atoms with Crippen LogP contribution >= 0.6 is 12.2 Å². The van der Waals surface area contributed by atoms with Gasteiger partial charge in [-0.05, 0) is 39.0 Å². The van der Waals surface area contributed by atoms with Gasteiger partial charge < -0.3 is 9.80 Å². The fourth-order valence-corrected chi connectivity index (χ4v) is 2.66. The Morgan fingerprint density at radius 3 is 1.95 bits per heavy atom. The minimum Gasteiger partial charge on any atom is -0.370 e. The summed E-state index contributed by atoms with van der Waals surface area (Å²) in [6, 6.07) is 0. The van der Waals surface area contributed by atoms with Gasteiger partial charge in [-0.3, -0.25) is 4.79 Å². The molecule has 0 bridgehead atoms. The smallest absolute Gasteiger partial charge is 0.224 e. The van der Waals surface area contributed by atoms with Crippen molar-refractivity contribution in [3.63, 3.8) is 0 Å². The normalized spacial score (nSPS) is 12.8. The zero-order chi connectivity index (χ0) is 16.6. The zero-order valence-electron chi connectivity index (χ0n) is 14.8. The molecule has 1 aromatic carbocycles. The highest BCUT2D eigenvalue weighted by atomic mass is 32.1. The average Bonchev–Trinajstić information content (AvgIpc) is 2.30. The number of anilines is 2. The molecule has 0 heterocycles. The van der Waals surface area contributed by atoms with Gasteiger partial charge in [-0.25, -0.2) is 0 Å². The molecule has 0 fully saturated rings. The van der Waals surface area contributed by atoms with Crippen LogP contribution in [-0.4, -0.2) is 26.2 Å². The molecule has 0 saturated heterocycles. The van der Waals surface area contributed by atoms with Crippen LogP contribution in [0.4, 0.5) is 11.4 Å². The molecule has 0 atom stereocenters. The van der Waals surface area contributed by atoms with Crippen LogP contribution < -0.4 is 15.2 Å². The van der Waals surface area contributed by atoms with Crippen LogP contribution in [0.3, 0.4) is 0 Å². The highest BCUT2D eigenvalue weighted by Gasteiger charge is 2.29. The first-order valence-electron chi connectivity index (χ1n) is 7.64. The van der Waals surface area contributed by atoms with Crippen LogP contribution in [0.5, 0.6) is 0 Å². The Morgan fingerprint density at radius 1 is 1.00 bits per heavy atom. The van der Waals surface area contributed by atoms with E-state index in [2.05, 4.69) is 51.3 Å². The molecule has 1 rings (SSSR count). The Kier molecular flexibility index (Phi) is 5.25. The van der Waals surface area contributed by atoms with Gasteiger partial charge in [0.2, 0.25) is 5.43 Å². The maximum absolute atomic E-state index is 12.1. The van der Waals surface area contributed by atoms with Crippen molar-refractivity contribution in [1.29, 1.82) is 0 Å². The number of hydrogen-bond donors (Lipinski definition) is 0. The van der Waals surface area contributed by atoms with Crippen LogP contribution in [-0.2, 0) is 0 Å². The van der Waals surface area contributed by atoms with E-state index in [4.69, 9.17) is 12.2 Å². The van der Waals surface area contributed by atoms with Gasteiger partial charge in [-0.15, -0.1) is 0 Å². The standard InChI is InChI=1S/C17H30N2OS/c1-16(2,3)10-9-11-18(7)12-13(15(21)14(12)20)19(8)17(4,5)6/h9-11H2,1-8H3. The van der Waals surface area contributed by atoms with Crippen LogP contribution in [0.25, 0.3) is 0 Å². The average molecular weight is 311 g/mol. The maximum atomic E-state index is 12.1. The topological polar surface area (TPSA) is 23.6 Å². The van der Waals surface area contributed by atoms with Gasteiger partial charge in [0.25, 0.3) is 0 Å². The minimum atomic E-state index is -0.0441. The van der Waals surface area contributed by atoms with E-state index >= 15 is 0 Å². The van der Waals surface area contributed by atoms with Gasteiger partial charge in [0, 0.05) is 26.2 Å². The molecule has 3 nitrogen and oxygen atoms in total. The lowest BCUT2D eigenvalue weighted by atomic mass is 9.90. The summed E-state index contributed by atoms with van der Waals surface area (Å²) in [5.74, 6) is 0. The van der Waals surface area contributed by atoms with Gasteiger partial charge in [-0.2, -0.15) is 0 Å². The van der Waals surface area contributed by atoms with Crippen LogP contribution in [0.1, 0.15) is 54.4 Å². The molecule has 0 spiro atoms. The van der Waals surface area contributed by atoms with Crippen molar-refractivity contribution in [2.24, 2.45) is 5.41 Å². The summed E-state index contributed by atoms with van der Waals surface area (Å²) in [6.45, 7) is 14.0. The summed E-state index contributed by atoms with van der Waals surface area (Å²) >= 11 is 5.27. The molecule has 0 aliphatic heterocycles. The van der Waals surface area contributed by atoms with Gasteiger partial charge in [0.05, 0.1) is 5.69 Å². The molecule has 0 radical (unpaired) electrons. The SMILES string of the molecule is CN(CCCC(C)(C)C)c1c(N(C)C(C)(C)C)c(=S)c1=O. The molecule has 4 heteroatoms. The molecule has 0 saturated carbocycles. The fourth-order valence-electron chi connectivity index (χ4n) is 2.33. The van der Waals surface area contributed by atoms with E-state index in [0.717, 1.165) is 30.8 Å². The maximum Gasteiger partial charge on any atom is 0.224 e. The van der Waals surface area contributed by atoms with E-state index in [9.17, 15) is 4.79 Å². The van der Waals surface area contributed by atoms with Crippen molar-refractivity contribution in [3.05, 3.63) is 14.7 Å². The monoisotopic (exact) mass is 310 g/mol. The fraction of sp³-hybridized carbons (Fsp3) is 0.765. The van der Waals surface area contributed by atoms with Gasteiger partial charge in [-0.1, -0.05) is 33.0 Å². The molecule has 0 aromatic heterocycles. The first-order valence-corrected chi connectivity index (χ1v) is 8.05. The first-order chi connectivity index (χ1) is 9.36. The van der Waals surface area contributed by atoms with Crippen molar-refractivity contribution in [3.8, 4) is 0 Å². The molecular weight excluding hydrogens is 280 g/mol. The lowest BCUT2D eigenvalue weighted by Crippen LogP contribution is -2.43. The first kappa shape index (κ1) is 18.1. The number of rotatable bonds is 5. The summed E-state index contributed by atoms with van der Waals surface area (Å²) in [5, 5.41) is 0. The van der Waals surface area contributed by atoms with Gasteiger partial charge in [0.1, 0.15) is 10.2 Å². The molecular formula is C17H30N2OS. The lowest BCUT2D eigenvalue weighted by Gasteiger charge is -2.38. The third-order valence-corrected chi connectivity index (χ3v) is 4.38. The van der Waals surface area contributed by atoms with E-state index in [1.54, 1.807) is 0 Å². The molecule has 0 N–H and O–H groups in total. The van der Waals surface area contributed by atoms with Crippen LogP contribution in [0.2, 0.25) is 0 Å². The predicted octanol–water partition coefficient (Wildman–Crippen LogP) is 4.15. The van der Waals surface area contributed by atoms with E-state index in [1.165, 1.54) is 0 Å². The van der Waals surface area contributed by atoms with Crippen LogP contribution in [0, 0.1) is 9.93 Å². The Morgan fingerprint density at radius 2 is 1.52 bits per heavy atom. The van der Waals surface area contributed by atoms with E-state index in [-0.39, 0.29) is 11.0 Å². The number of hydrogen-bond acceptors (Lipinski definition) is 4. The highest BCUT2D eigenvalue weighted by Crippen LogP contribution is 2.34. The predicted molar refractivity (Wildman–Crippen MR) is 96.0 cm³/mol. The van der Waals surface area contributed by atoms with Crippen molar-refractivity contribution >= 4 is 23.6 Å². The Hall–Kier alpha value is -0.900. The quantitative estimate of drug-likeness (QED) is 0.762. The molecule has 120 valence electrons. The summed E-state index contributed by atoms with van der Waals surface area (Å²) in [5.41, 5.74) is 2.03. The second kappa shape index (κ2) is 6.07. The second-order valence-electron chi connectivity index (χ2n) is 8.17. The zero-order valence-corrected chi connectivity index (χ0v) is 15.6. The molecule has 21 heavy (non-hydrogen) atoms. The number of nitrogens with zero attached hydrogens (tertiary/aromatic N) is 2. The summed E-state index contributed by atoms with van der Waals surface area (Å²) < 4.78 is 0.477. The summed E-state index contributed by atoms with van der Waals surface area (Å²) in [4.78, 5) is 16.3. The Bertz CT molecular complexity index is 557. The molecule has 0 unspecified atom stereocenters. The highest BCUT2D eigenvalue weighted by molar-refractivity contribution is 7.71. The minimum absolute atomic E-state index is 0.0226. The van der Waals surface area contributed by atoms with Crippen molar-refractivity contribution in [1.82, 2.24) is 0 Å². The van der Waals surface area contributed by atoms with Crippen molar-refractivity contribution in [2.45, 2.75) is 59.9 Å². The molecule has 1 aromatic rings. The van der Waals surface area contributed by atoms with E-state index < -0.39 is 0 Å². The van der Waals surface area contributed by atoms with Crippen molar-refractivity contribution in [2.75, 3.05) is 30.4 Å². The molecule has 0 amide bonds. The van der Waals surface area contributed by atoms with E-state index in [0.29, 0.717) is 9.93 Å².